The summed E-state index contributed by atoms with van der Waals surface area (Å²) in [7, 11) is 0. The molecule has 0 unspecified atom stereocenters. The van der Waals surface area contributed by atoms with Crippen molar-refractivity contribution in [3.63, 3.8) is 0 Å². The smallest absolute Gasteiger partial charge is 0.0426 e. The number of nitrogens with zero attached hydrogens (tertiary/aromatic N) is 2. The Morgan fingerprint density at radius 2 is 2.05 bits per heavy atom. The standard InChI is InChI=1S/C15H24ClN3S/c1-20-10-5-14(17)12-18-6-8-19(9-7-18)15-4-2-3-13(16)11-15/h2-4,11,14H,5-10,12,17H2,1H3/t14-/m0/s1. The van der Waals surface area contributed by atoms with Crippen molar-refractivity contribution in [2.24, 2.45) is 5.73 Å². The Labute approximate surface area is 131 Å². The van der Waals surface area contributed by atoms with E-state index in [9.17, 15) is 0 Å². The molecule has 1 aliphatic rings. The highest BCUT2D eigenvalue weighted by molar-refractivity contribution is 7.98. The first-order chi connectivity index (χ1) is 9.69. The van der Waals surface area contributed by atoms with E-state index >= 15 is 0 Å². The topological polar surface area (TPSA) is 32.5 Å². The molecule has 3 nitrogen and oxygen atoms in total. The fraction of sp³-hybridized carbons (Fsp3) is 0.600. The highest BCUT2D eigenvalue weighted by atomic mass is 35.5. The molecule has 0 aromatic heterocycles. The molecular weight excluding hydrogens is 290 g/mol. The van der Waals surface area contributed by atoms with Gasteiger partial charge in [-0.1, -0.05) is 17.7 Å². The molecule has 0 radical (unpaired) electrons. The number of piperazine rings is 1. The molecule has 0 amide bonds. The average Bonchev–Trinajstić information content (AvgIpc) is 2.46. The molecule has 1 fully saturated rings. The Bertz CT molecular complexity index is 408. The van der Waals surface area contributed by atoms with Crippen LogP contribution in [0.3, 0.4) is 0 Å². The highest BCUT2D eigenvalue weighted by Gasteiger charge is 2.18. The summed E-state index contributed by atoms with van der Waals surface area (Å²) in [6.07, 6.45) is 3.24. The first-order valence-corrected chi connectivity index (χ1v) is 8.93. The summed E-state index contributed by atoms with van der Waals surface area (Å²) >= 11 is 7.93. The summed E-state index contributed by atoms with van der Waals surface area (Å²) in [6.45, 7) is 5.29. The minimum Gasteiger partial charge on any atom is -0.369 e. The van der Waals surface area contributed by atoms with Crippen molar-refractivity contribution in [2.45, 2.75) is 12.5 Å². The lowest BCUT2D eigenvalue weighted by atomic mass is 10.2. The predicted octanol–water partition coefficient (Wildman–Crippen LogP) is 2.54. The summed E-state index contributed by atoms with van der Waals surface area (Å²) in [6, 6.07) is 8.42. The summed E-state index contributed by atoms with van der Waals surface area (Å²) in [5.41, 5.74) is 7.40. The molecule has 0 spiro atoms. The fourth-order valence-electron chi connectivity index (χ4n) is 2.55. The number of benzene rings is 1. The van der Waals surface area contributed by atoms with Crippen LogP contribution in [0.1, 0.15) is 6.42 Å². The minimum absolute atomic E-state index is 0.306. The number of hydrogen-bond donors (Lipinski definition) is 1. The molecule has 0 bridgehead atoms. The summed E-state index contributed by atoms with van der Waals surface area (Å²) in [5.74, 6) is 1.16. The van der Waals surface area contributed by atoms with E-state index in [4.69, 9.17) is 17.3 Å². The van der Waals surface area contributed by atoms with Crippen molar-refractivity contribution >= 4 is 29.1 Å². The van der Waals surface area contributed by atoms with Gasteiger partial charge in [0.2, 0.25) is 0 Å². The van der Waals surface area contributed by atoms with Crippen LogP contribution in [0.15, 0.2) is 24.3 Å². The van der Waals surface area contributed by atoms with Crippen LogP contribution in [0.4, 0.5) is 5.69 Å². The van der Waals surface area contributed by atoms with Gasteiger partial charge in [0, 0.05) is 49.5 Å². The molecule has 1 atom stereocenters. The van der Waals surface area contributed by atoms with E-state index in [1.165, 1.54) is 5.69 Å². The second-order valence-electron chi connectivity index (χ2n) is 5.31. The van der Waals surface area contributed by atoms with Crippen LogP contribution >= 0.6 is 23.4 Å². The van der Waals surface area contributed by atoms with Gasteiger partial charge in [-0.2, -0.15) is 11.8 Å². The monoisotopic (exact) mass is 313 g/mol. The first kappa shape index (κ1) is 16.0. The molecule has 1 aromatic rings. The Morgan fingerprint density at radius 1 is 1.30 bits per heavy atom. The van der Waals surface area contributed by atoms with Crippen molar-refractivity contribution in [3.05, 3.63) is 29.3 Å². The van der Waals surface area contributed by atoms with Crippen LogP contribution in [0.5, 0.6) is 0 Å². The molecule has 1 aliphatic heterocycles. The highest BCUT2D eigenvalue weighted by Crippen LogP contribution is 2.20. The van der Waals surface area contributed by atoms with Crippen molar-refractivity contribution < 1.29 is 0 Å². The largest absolute Gasteiger partial charge is 0.369 e. The lowest BCUT2D eigenvalue weighted by Gasteiger charge is -2.37. The molecule has 112 valence electrons. The van der Waals surface area contributed by atoms with Gasteiger partial charge in [0.1, 0.15) is 0 Å². The first-order valence-electron chi connectivity index (χ1n) is 7.16. The molecular formula is C15H24ClN3S. The molecule has 1 heterocycles. The lowest BCUT2D eigenvalue weighted by molar-refractivity contribution is 0.241. The van der Waals surface area contributed by atoms with Crippen molar-refractivity contribution in [3.8, 4) is 0 Å². The third-order valence-electron chi connectivity index (χ3n) is 3.73. The maximum Gasteiger partial charge on any atom is 0.0426 e. The van der Waals surface area contributed by atoms with Gasteiger partial charge in [-0.3, -0.25) is 4.90 Å². The number of anilines is 1. The van der Waals surface area contributed by atoms with Gasteiger partial charge in [0.15, 0.2) is 0 Å². The molecule has 5 heteroatoms. The van der Waals surface area contributed by atoms with Gasteiger partial charge in [0.25, 0.3) is 0 Å². The third kappa shape index (κ3) is 4.85. The predicted molar refractivity (Wildman–Crippen MR) is 91.1 cm³/mol. The minimum atomic E-state index is 0.306. The van der Waals surface area contributed by atoms with Crippen molar-refractivity contribution in [2.75, 3.05) is 49.6 Å². The molecule has 2 N–H and O–H groups in total. The van der Waals surface area contributed by atoms with Crippen LogP contribution in [0.25, 0.3) is 0 Å². The van der Waals surface area contributed by atoms with Crippen LogP contribution < -0.4 is 10.6 Å². The zero-order chi connectivity index (χ0) is 14.4. The van der Waals surface area contributed by atoms with Crippen LogP contribution in [-0.4, -0.2) is 55.7 Å². The number of hydrogen-bond acceptors (Lipinski definition) is 4. The van der Waals surface area contributed by atoms with Gasteiger partial charge in [-0.15, -0.1) is 0 Å². The van der Waals surface area contributed by atoms with Crippen molar-refractivity contribution in [1.82, 2.24) is 4.90 Å². The fourth-order valence-corrected chi connectivity index (χ4v) is 3.28. The van der Waals surface area contributed by atoms with Gasteiger partial charge >= 0.3 is 0 Å². The molecule has 2 rings (SSSR count). The number of thioether (sulfide) groups is 1. The molecule has 0 saturated carbocycles. The SMILES string of the molecule is CSCC[C@H](N)CN1CCN(c2cccc(Cl)c2)CC1. The van der Waals surface area contributed by atoms with Crippen LogP contribution in [-0.2, 0) is 0 Å². The zero-order valence-electron chi connectivity index (χ0n) is 12.1. The normalized spacial score (nSPS) is 18.2. The van der Waals surface area contributed by atoms with E-state index in [1.54, 1.807) is 0 Å². The Morgan fingerprint density at radius 3 is 2.70 bits per heavy atom. The van der Waals surface area contributed by atoms with Crippen LogP contribution in [0, 0.1) is 0 Å². The van der Waals surface area contributed by atoms with Crippen LogP contribution in [0.2, 0.25) is 5.02 Å². The van der Waals surface area contributed by atoms with E-state index in [-0.39, 0.29) is 0 Å². The van der Waals surface area contributed by atoms with Gasteiger partial charge in [-0.05, 0) is 36.6 Å². The average molecular weight is 314 g/mol. The maximum absolute atomic E-state index is 6.17. The zero-order valence-corrected chi connectivity index (χ0v) is 13.7. The lowest BCUT2D eigenvalue weighted by Crippen LogP contribution is -2.50. The molecule has 1 saturated heterocycles. The number of rotatable bonds is 6. The summed E-state index contributed by atoms with van der Waals surface area (Å²) in [5, 5.41) is 0.809. The van der Waals surface area contributed by atoms with Gasteiger partial charge < -0.3 is 10.6 Å². The van der Waals surface area contributed by atoms with Gasteiger partial charge in [-0.25, -0.2) is 0 Å². The number of halogens is 1. The number of nitrogens with two attached hydrogens (primary N) is 1. The molecule has 0 aliphatic carbocycles. The second-order valence-corrected chi connectivity index (χ2v) is 6.73. The summed E-state index contributed by atoms with van der Waals surface area (Å²) in [4.78, 5) is 4.88. The van der Waals surface area contributed by atoms with E-state index in [2.05, 4.69) is 22.1 Å². The Kier molecular flexibility index (Phi) is 6.49. The van der Waals surface area contributed by atoms with E-state index in [0.29, 0.717) is 6.04 Å². The van der Waals surface area contributed by atoms with E-state index in [1.807, 2.05) is 30.0 Å². The van der Waals surface area contributed by atoms with E-state index in [0.717, 1.165) is 49.9 Å². The third-order valence-corrected chi connectivity index (χ3v) is 4.61. The molecule has 1 aromatic carbocycles. The Balaban J connectivity index is 1.77. The summed E-state index contributed by atoms with van der Waals surface area (Å²) < 4.78 is 0. The van der Waals surface area contributed by atoms with E-state index < -0.39 is 0 Å². The maximum atomic E-state index is 6.17. The second kappa shape index (κ2) is 8.13. The molecule has 20 heavy (non-hydrogen) atoms. The Hall–Kier alpha value is -0.420. The van der Waals surface area contributed by atoms with Crippen molar-refractivity contribution in [1.29, 1.82) is 0 Å². The van der Waals surface area contributed by atoms with Gasteiger partial charge in [0.05, 0.1) is 0 Å². The quantitative estimate of drug-likeness (QED) is 0.875.